The molecule has 21 heavy (non-hydrogen) atoms. The Hall–Kier alpha value is -1.03. The average molecular weight is 344 g/mol. The molecule has 1 saturated carbocycles. The first-order valence-corrected chi connectivity index (χ1v) is 9.78. The van der Waals surface area contributed by atoms with Gasteiger partial charge in [0.2, 0.25) is 5.13 Å². The minimum Gasteiger partial charge on any atom is -0.359 e. The maximum Gasteiger partial charge on any atom is 0.252 e. The predicted octanol–water partition coefficient (Wildman–Crippen LogP) is 2.21. The third kappa shape index (κ3) is 3.42. The summed E-state index contributed by atoms with van der Waals surface area (Å²) < 4.78 is 26.2. The molecule has 2 aromatic heterocycles. The molecule has 1 fully saturated rings. The van der Waals surface area contributed by atoms with E-state index >= 15 is 0 Å². The van der Waals surface area contributed by atoms with Crippen molar-refractivity contribution in [3.05, 3.63) is 22.5 Å². The maximum atomic E-state index is 12.2. The predicted molar refractivity (Wildman–Crippen MR) is 84.5 cm³/mol. The fourth-order valence-corrected chi connectivity index (χ4v) is 5.12. The lowest BCUT2D eigenvalue weighted by Gasteiger charge is -2.15. The van der Waals surface area contributed by atoms with E-state index in [0.29, 0.717) is 23.2 Å². The second-order valence-corrected chi connectivity index (χ2v) is 9.13. The van der Waals surface area contributed by atoms with Gasteiger partial charge in [-0.25, -0.2) is 8.42 Å². The Balaban J connectivity index is 1.52. The van der Waals surface area contributed by atoms with E-state index in [-0.39, 0.29) is 0 Å². The Morgan fingerprint density at radius 3 is 2.90 bits per heavy atom. The largest absolute Gasteiger partial charge is 0.359 e. The molecule has 0 unspecified atom stereocenters. The van der Waals surface area contributed by atoms with Crippen molar-refractivity contribution >= 4 is 37.8 Å². The van der Waals surface area contributed by atoms with Crippen LogP contribution in [-0.2, 0) is 10.0 Å². The zero-order valence-electron chi connectivity index (χ0n) is 11.5. The van der Waals surface area contributed by atoms with Crippen molar-refractivity contribution in [1.82, 2.24) is 14.5 Å². The number of hydrogen-bond donors (Lipinski definition) is 1. The summed E-state index contributed by atoms with van der Waals surface area (Å²) in [4.78, 5) is 0. The van der Waals surface area contributed by atoms with Crippen LogP contribution in [0.3, 0.4) is 0 Å². The highest BCUT2D eigenvalue weighted by Gasteiger charge is 2.27. The molecule has 0 spiro atoms. The maximum absolute atomic E-state index is 12.2. The normalized spacial score (nSPS) is 15.5. The molecule has 114 valence electrons. The van der Waals surface area contributed by atoms with E-state index in [1.165, 1.54) is 28.5 Å². The van der Waals surface area contributed by atoms with Crippen molar-refractivity contribution < 1.29 is 8.42 Å². The Bertz CT molecular complexity index is 692. The van der Waals surface area contributed by atoms with E-state index in [1.54, 1.807) is 35.9 Å². The summed E-state index contributed by atoms with van der Waals surface area (Å²) in [7, 11) is -1.78. The number of nitrogens with zero attached hydrogens (tertiary/aromatic N) is 3. The van der Waals surface area contributed by atoms with Gasteiger partial charge < -0.3 is 5.32 Å². The fourth-order valence-electron chi connectivity index (χ4n) is 1.81. The Morgan fingerprint density at radius 1 is 1.43 bits per heavy atom. The van der Waals surface area contributed by atoms with Crippen LogP contribution in [0.15, 0.2) is 21.7 Å². The van der Waals surface area contributed by atoms with Crippen molar-refractivity contribution in [2.45, 2.75) is 23.0 Å². The Kier molecular flexibility index (Phi) is 4.25. The summed E-state index contributed by atoms with van der Waals surface area (Å²) in [6.45, 7) is 0.902. The van der Waals surface area contributed by atoms with E-state index < -0.39 is 10.0 Å². The molecule has 1 aliphatic carbocycles. The molecule has 9 heteroatoms. The highest BCUT2D eigenvalue weighted by atomic mass is 32.2. The minimum absolute atomic E-state index is 0.372. The fraction of sp³-hybridized carbons (Fsp3) is 0.500. The molecular formula is C12H16N4O2S3. The van der Waals surface area contributed by atoms with Gasteiger partial charge in [0, 0.05) is 26.1 Å². The monoisotopic (exact) mass is 344 g/mol. The number of sulfonamides is 1. The van der Waals surface area contributed by atoms with Gasteiger partial charge >= 0.3 is 0 Å². The summed E-state index contributed by atoms with van der Waals surface area (Å²) in [6, 6.07) is 3.36. The van der Waals surface area contributed by atoms with Gasteiger partial charge in [0.25, 0.3) is 10.0 Å². The van der Waals surface area contributed by atoms with Gasteiger partial charge in [-0.1, -0.05) is 17.4 Å². The third-order valence-corrected chi connectivity index (χ3v) is 7.50. The number of nitrogens with one attached hydrogen (secondary N) is 1. The Morgan fingerprint density at radius 2 is 2.24 bits per heavy atom. The number of thiophene rings is 1. The zero-order valence-corrected chi connectivity index (χ0v) is 14.0. The number of hydrogen-bond acceptors (Lipinski definition) is 7. The van der Waals surface area contributed by atoms with Crippen molar-refractivity contribution in [2.75, 3.05) is 25.5 Å². The first-order valence-electron chi connectivity index (χ1n) is 6.64. The molecule has 0 saturated heterocycles. The van der Waals surface area contributed by atoms with Gasteiger partial charge in [0.1, 0.15) is 9.22 Å². The Labute approximate surface area is 131 Å². The van der Waals surface area contributed by atoms with E-state index in [4.69, 9.17) is 0 Å². The molecule has 0 radical (unpaired) electrons. The lowest BCUT2D eigenvalue weighted by Crippen LogP contribution is -2.31. The van der Waals surface area contributed by atoms with E-state index in [0.717, 1.165) is 10.1 Å². The first kappa shape index (κ1) is 14.9. The molecule has 1 aliphatic rings. The van der Waals surface area contributed by atoms with Crippen LogP contribution in [-0.4, -0.2) is 43.1 Å². The summed E-state index contributed by atoms with van der Waals surface area (Å²) >= 11 is 2.79. The van der Waals surface area contributed by atoms with Gasteiger partial charge in [-0.3, -0.25) is 0 Å². The minimum atomic E-state index is -3.37. The molecule has 0 amide bonds. The third-order valence-electron chi connectivity index (χ3n) is 3.23. The summed E-state index contributed by atoms with van der Waals surface area (Å²) in [5, 5.41) is 15.0. The van der Waals surface area contributed by atoms with Crippen molar-refractivity contribution in [1.29, 1.82) is 0 Å². The van der Waals surface area contributed by atoms with Crippen LogP contribution in [0.4, 0.5) is 5.13 Å². The number of anilines is 1. The van der Waals surface area contributed by atoms with Gasteiger partial charge in [-0.2, -0.15) is 4.31 Å². The van der Waals surface area contributed by atoms with Crippen LogP contribution in [0, 0.1) is 0 Å². The van der Waals surface area contributed by atoms with Gasteiger partial charge in [-0.15, -0.1) is 21.5 Å². The molecule has 2 heterocycles. The molecule has 2 aromatic rings. The van der Waals surface area contributed by atoms with Crippen LogP contribution in [0.1, 0.15) is 23.8 Å². The van der Waals surface area contributed by atoms with Crippen LogP contribution in [0.2, 0.25) is 0 Å². The highest BCUT2D eigenvalue weighted by Crippen LogP contribution is 2.41. The molecule has 1 N–H and O–H groups in total. The van der Waals surface area contributed by atoms with Gasteiger partial charge in [0.05, 0.1) is 0 Å². The van der Waals surface area contributed by atoms with Crippen LogP contribution in [0.25, 0.3) is 0 Å². The summed E-state index contributed by atoms with van der Waals surface area (Å²) in [6.07, 6.45) is 2.41. The lowest BCUT2D eigenvalue weighted by atomic mass is 10.5. The molecule has 3 rings (SSSR count). The SMILES string of the molecule is CN(CCNc1nnc(C2CC2)s1)S(=O)(=O)c1cccs1. The van der Waals surface area contributed by atoms with Gasteiger partial charge in [-0.05, 0) is 24.3 Å². The van der Waals surface area contributed by atoms with Crippen LogP contribution >= 0.6 is 22.7 Å². The topological polar surface area (TPSA) is 75.2 Å². The summed E-state index contributed by atoms with van der Waals surface area (Å²) in [5.41, 5.74) is 0. The van der Waals surface area contributed by atoms with Crippen molar-refractivity contribution in [3.8, 4) is 0 Å². The molecular weight excluding hydrogens is 328 g/mol. The smallest absolute Gasteiger partial charge is 0.252 e. The standard InChI is InChI=1S/C12H16N4O2S3/c1-16(21(17,18)10-3-2-8-19-10)7-6-13-12-15-14-11(20-12)9-4-5-9/h2-3,8-9H,4-7H2,1H3,(H,13,15). The molecule has 0 atom stereocenters. The quantitative estimate of drug-likeness (QED) is 0.833. The first-order chi connectivity index (χ1) is 10.1. The molecule has 0 aromatic carbocycles. The number of aromatic nitrogens is 2. The molecule has 0 aliphatic heterocycles. The van der Waals surface area contributed by atoms with Crippen molar-refractivity contribution in [3.63, 3.8) is 0 Å². The second-order valence-electron chi connectivity index (χ2n) is 4.91. The number of likely N-dealkylation sites (N-methyl/N-ethyl adjacent to an activating group) is 1. The van der Waals surface area contributed by atoms with Crippen LogP contribution in [0.5, 0.6) is 0 Å². The summed E-state index contributed by atoms with van der Waals surface area (Å²) in [5.74, 6) is 0.597. The van der Waals surface area contributed by atoms with E-state index in [9.17, 15) is 8.42 Å². The highest BCUT2D eigenvalue weighted by molar-refractivity contribution is 7.91. The average Bonchev–Trinajstić information content (AvgIpc) is 2.98. The van der Waals surface area contributed by atoms with Crippen molar-refractivity contribution in [2.24, 2.45) is 0 Å². The number of rotatable bonds is 7. The lowest BCUT2D eigenvalue weighted by molar-refractivity contribution is 0.482. The van der Waals surface area contributed by atoms with Crippen LogP contribution < -0.4 is 5.32 Å². The van der Waals surface area contributed by atoms with E-state index in [1.807, 2.05) is 0 Å². The molecule has 0 bridgehead atoms. The van der Waals surface area contributed by atoms with Gasteiger partial charge in [0.15, 0.2) is 0 Å². The zero-order chi connectivity index (χ0) is 14.9. The van der Waals surface area contributed by atoms with E-state index in [2.05, 4.69) is 15.5 Å². The second kappa shape index (κ2) is 5.99. The molecule has 6 nitrogen and oxygen atoms in total.